The van der Waals surface area contributed by atoms with E-state index in [0.717, 1.165) is 48.8 Å². The molecule has 1 fully saturated rings. The van der Waals surface area contributed by atoms with Gasteiger partial charge in [-0.3, -0.25) is 9.67 Å². The summed E-state index contributed by atoms with van der Waals surface area (Å²) < 4.78 is 2.10. The first-order chi connectivity index (χ1) is 12.2. The maximum absolute atomic E-state index is 4.82. The van der Waals surface area contributed by atoms with Crippen molar-refractivity contribution in [1.82, 2.24) is 24.7 Å². The minimum absolute atomic E-state index is 0.391. The van der Waals surface area contributed by atoms with Crippen molar-refractivity contribution in [3.63, 3.8) is 0 Å². The molecule has 1 atom stereocenters. The number of aromatic nitrogens is 5. The summed E-state index contributed by atoms with van der Waals surface area (Å²) in [5.74, 6) is 1.75. The predicted molar refractivity (Wildman–Crippen MR) is 97.4 cm³/mol. The van der Waals surface area contributed by atoms with E-state index in [1.54, 1.807) is 12.4 Å². The Morgan fingerprint density at radius 2 is 1.96 bits per heavy atom. The van der Waals surface area contributed by atoms with Crippen molar-refractivity contribution in [3.05, 3.63) is 54.2 Å². The number of nitrogens with zero attached hydrogens (tertiary/aromatic N) is 6. The molecule has 3 aromatic rings. The molecule has 1 saturated heterocycles. The molecule has 1 aliphatic rings. The third kappa shape index (κ3) is 3.38. The molecule has 0 bridgehead atoms. The normalized spacial score (nSPS) is 17.7. The minimum Gasteiger partial charge on any atom is -0.354 e. The number of piperidine rings is 1. The Morgan fingerprint density at radius 1 is 1.12 bits per heavy atom. The summed E-state index contributed by atoms with van der Waals surface area (Å²) in [6.07, 6.45) is 9.89. The summed E-state index contributed by atoms with van der Waals surface area (Å²) in [6, 6.07) is 6.36. The van der Waals surface area contributed by atoms with Crippen LogP contribution in [0.1, 0.15) is 30.1 Å². The van der Waals surface area contributed by atoms with Gasteiger partial charge in [0.1, 0.15) is 5.82 Å². The van der Waals surface area contributed by atoms with Crippen molar-refractivity contribution in [2.24, 2.45) is 0 Å². The average Bonchev–Trinajstić information content (AvgIpc) is 3.08. The van der Waals surface area contributed by atoms with Crippen LogP contribution in [0.25, 0.3) is 11.4 Å². The van der Waals surface area contributed by atoms with Gasteiger partial charge in [-0.1, -0.05) is 0 Å². The Bertz CT molecular complexity index is 857. The summed E-state index contributed by atoms with van der Waals surface area (Å²) in [7, 11) is 0. The number of anilines is 1. The second-order valence-corrected chi connectivity index (χ2v) is 6.67. The van der Waals surface area contributed by atoms with Crippen molar-refractivity contribution in [2.75, 3.05) is 18.0 Å². The first-order valence-electron chi connectivity index (χ1n) is 8.71. The van der Waals surface area contributed by atoms with Crippen molar-refractivity contribution in [3.8, 4) is 11.4 Å². The Balaban J connectivity index is 1.61. The maximum Gasteiger partial charge on any atom is 0.161 e. The number of pyridine rings is 1. The van der Waals surface area contributed by atoms with Crippen LogP contribution in [0.3, 0.4) is 0 Å². The van der Waals surface area contributed by atoms with Gasteiger partial charge in [-0.2, -0.15) is 5.10 Å². The highest BCUT2D eigenvalue weighted by Crippen LogP contribution is 2.26. The van der Waals surface area contributed by atoms with E-state index in [4.69, 9.17) is 4.98 Å². The lowest BCUT2D eigenvalue weighted by Crippen LogP contribution is -2.37. The summed E-state index contributed by atoms with van der Waals surface area (Å²) in [5, 5.41) is 4.50. The summed E-state index contributed by atoms with van der Waals surface area (Å²) in [5.41, 5.74) is 3.18. The van der Waals surface area contributed by atoms with Gasteiger partial charge in [0.15, 0.2) is 5.82 Å². The molecule has 0 aliphatic carbocycles. The van der Waals surface area contributed by atoms with Crippen LogP contribution < -0.4 is 4.90 Å². The van der Waals surface area contributed by atoms with Crippen LogP contribution in [0, 0.1) is 13.8 Å². The fraction of sp³-hybridized carbons (Fsp3) is 0.368. The highest BCUT2D eigenvalue weighted by molar-refractivity contribution is 5.57. The van der Waals surface area contributed by atoms with Crippen LogP contribution in [-0.4, -0.2) is 37.8 Å². The Morgan fingerprint density at radius 3 is 2.72 bits per heavy atom. The van der Waals surface area contributed by atoms with Gasteiger partial charge in [0.25, 0.3) is 0 Å². The van der Waals surface area contributed by atoms with Gasteiger partial charge in [-0.15, -0.1) is 0 Å². The van der Waals surface area contributed by atoms with Crippen LogP contribution >= 0.6 is 0 Å². The number of hydrogen-bond donors (Lipinski definition) is 0. The predicted octanol–water partition coefficient (Wildman–Crippen LogP) is 3.19. The van der Waals surface area contributed by atoms with E-state index >= 15 is 0 Å². The molecule has 0 aromatic carbocycles. The Labute approximate surface area is 147 Å². The van der Waals surface area contributed by atoms with Gasteiger partial charge >= 0.3 is 0 Å². The fourth-order valence-corrected chi connectivity index (χ4v) is 3.36. The number of rotatable bonds is 3. The molecule has 6 heteroatoms. The zero-order chi connectivity index (χ0) is 17.2. The monoisotopic (exact) mass is 334 g/mol. The molecule has 0 amide bonds. The van der Waals surface area contributed by atoms with E-state index < -0.39 is 0 Å². The van der Waals surface area contributed by atoms with Crippen molar-refractivity contribution < 1.29 is 0 Å². The fourth-order valence-electron chi connectivity index (χ4n) is 3.36. The van der Waals surface area contributed by atoms with E-state index in [1.165, 1.54) is 5.56 Å². The van der Waals surface area contributed by atoms with E-state index in [-0.39, 0.29) is 0 Å². The highest BCUT2D eigenvalue weighted by atomic mass is 15.3. The lowest BCUT2D eigenvalue weighted by atomic mass is 10.1. The molecule has 0 radical (unpaired) electrons. The topological polar surface area (TPSA) is 59.7 Å². The molecule has 4 rings (SSSR count). The standard InChI is InChI=1S/C19H22N6/c1-14-11-21-25(12-14)17-4-3-9-24(13-17)18-10-15(2)22-19(23-18)16-5-7-20-8-6-16/h5-8,10-12,17H,3-4,9,13H2,1-2H3/t17-/m1/s1. The molecule has 1 aliphatic heterocycles. The van der Waals surface area contributed by atoms with Crippen molar-refractivity contribution in [1.29, 1.82) is 0 Å². The van der Waals surface area contributed by atoms with Crippen LogP contribution in [-0.2, 0) is 0 Å². The molecule has 128 valence electrons. The smallest absolute Gasteiger partial charge is 0.161 e. The highest BCUT2D eigenvalue weighted by Gasteiger charge is 2.23. The molecule has 25 heavy (non-hydrogen) atoms. The molecule has 0 spiro atoms. The second-order valence-electron chi connectivity index (χ2n) is 6.67. The Hall–Kier alpha value is -2.76. The van der Waals surface area contributed by atoms with Gasteiger partial charge < -0.3 is 4.90 Å². The molecule has 4 heterocycles. The van der Waals surface area contributed by atoms with Gasteiger partial charge in [0, 0.05) is 49.0 Å². The van der Waals surface area contributed by atoms with Crippen molar-refractivity contribution >= 4 is 5.82 Å². The van der Waals surface area contributed by atoms with Gasteiger partial charge in [0.2, 0.25) is 0 Å². The summed E-state index contributed by atoms with van der Waals surface area (Å²) >= 11 is 0. The van der Waals surface area contributed by atoms with Gasteiger partial charge in [0.05, 0.1) is 12.2 Å². The zero-order valence-electron chi connectivity index (χ0n) is 14.6. The molecule has 0 N–H and O–H groups in total. The van der Waals surface area contributed by atoms with Gasteiger partial charge in [-0.25, -0.2) is 9.97 Å². The molecular formula is C19H22N6. The number of aryl methyl sites for hydroxylation is 2. The van der Waals surface area contributed by atoms with E-state index in [0.29, 0.717) is 6.04 Å². The van der Waals surface area contributed by atoms with Crippen molar-refractivity contribution in [2.45, 2.75) is 32.7 Å². The molecule has 0 unspecified atom stereocenters. The van der Waals surface area contributed by atoms with E-state index in [2.05, 4.69) is 43.8 Å². The number of hydrogen-bond acceptors (Lipinski definition) is 5. The minimum atomic E-state index is 0.391. The average molecular weight is 334 g/mol. The molecule has 3 aromatic heterocycles. The van der Waals surface area contributed by atoms with Crippen LogP contribution in [0.5, 0.6) is 0 Å². The van der Waals surface area contributed by atoms with Crippen LogP contribution in [0.2, 0.25) is 0 Å². The zero-order valence-corrected chi connectivity index (χ0v) is 14.6. The SMILES string of the molecule is Cc1cnn([C@@H]2CCCN(c3cc(C)nc(-c4ccncc4)n3)C2)c1. The molecular weight excluding hydrogens is 312 g/mol. The van der Waals surface area contributed by atoms with Crippen LogP contribution in [0.15, 0.2) is 43.0 Å². The maximum atomic E-state index is 4.82. The van der Waals surface area contributed by atoms with E-state index in [1.807, 2.05) is 25.3 Å². The van der Waals surface area contributed by atoms with E-state index in [9.17, 15) is 0 Å². The Kier molecular flexibility index (Phi) is 4.17. The molecule has 0 saturated carbocycles. The van der Waals surface area contributed by atoms with Crippen LogP contribution in [0.4, 0.5) is 5.82 Å². The lowest BCUT2D eigenvalue weighted by Gasteiger charge is -2.34. The summed E-state index contributed by atoms with van der Waals surface area (Å²) in [6.45, 7) is 6.05. The lowest BCUT2D eigenvalue weighted by molar-refractivity contribution is 0.374. The van der Waals surface area contributed by atoms with Gasteiger partial charge in [-0.05, 0) is 44.4 Å². The quantitative estimate of drug-likeness (QED) is 0.736. The summed E-state index contributed by atoms with van der Waals surface area (Å²) in [4.78, 5) is 15.8. The molecule has 6 nitrogen and oxygen atoms in total. The first kappa shape index (κ1) is 15.7. The largest absolute Gasteiger partial charge is 0.354 e. The second kappa shape index (κ2) is 6.63. The third-order valence-corrected chi connectivity index (χ3v) is 4.60. The third-order valence-electron chi connectivity index (χ3n) is 4.60. The first-order valence-corrected chi connectivity index (χ1v) is 8.71.